The standard InChI is InChI=1S/C14H20N2OS/c1-4-6-11(13(15)18)14(17)16-12-9(2)7-5-8-10(12)3/h5,7-8,11H,4,6H2,1-3H3,(H2,15,18)(H,16,17). The quantitative estimate of drug-likeness (QED) is 0.804. The fourth-order valence-electron chi connectivity index (χ4n) is 1.91. The molecule has 0 fully saturated rings. The predicted molar refractivity (Wildman–Crippen MR) is 79.7 cm³/mol. The zero-order valence-electron chi connectivity index (χ0n) is 11.1. The molecule has 3 nitrogen and oxygen atoms in total. The van der Waals surface area contributed by atoms with E-state index < -0.39 is 0 Å². The summed E-state index contributed by atoms with van der Waals surface area (Å²) >= 11 is 4.96. The van der Waals surface area contributed by atoms with E-state index in [0.29, 0.717) is 6.42 Å². The Bertz CT molecular complexity index is 437. The molecule has 0 aromatic heterocycles. The zero-order chi connectivity index (χ0) is 13.7. The number of aryl methyl sites for hydroxylation is 2. The molecule has 18 heavy (non-hydrogen) atoms. The monoisotopic (exact) mass is 264 g/mol. The van der Waals surface area contributed by atoms with Crippen molar-refractivity contribution >= 4 is 28.8 Å². The van der Waals surface area contributed by atoms with E-state index in [4.69, 9.17) is 18.0 Å². The van der Waals surface area contributed by atoms with Crippen LogP contribution >= 0.6 is 12.2 Å². The van der Waals surface area contributed by atoms with Crippen LogP contribution in [0.25, 0.3) is 0 Å². The highest BCUT2D eigenvalue weighted by molar-refractivity contribution is 7.80. The third kappa shape index (κ3) is 3.53. The van der Waals surface area contributed by atoms with E-state index in [0.717, 1.165) is 23.2 Å². The van der Waals surface area contributed by atoms with E-state index >= 15 is 0 Å². The van der Waals surface area contributed by atoms with Crippen LogP contribution in [-0.4, -0.2) is 10.9 Å². The average Bonchev–Trinajstić information content (AvgIpc) is 2.30. The molecule has 1 atom stereocenters. The first kappa shape index (κ1) is 14.6. The summed E-state index contributed by atoms with van der Waals surface area (Å²) in [5.74, 6) is -0.495. The minimum atomic E-state index is -0.385. The van der Waals surface area contributed by atoms with Crippen molar-refractivity contribution in [2.75, 3.05) is 5.32 Å². The number of rotatable bonds is 5. The van der Waals surface area contributed by atoms with E-state index in [-0.39, 0.29) is 16.8 Å². The number of anilines is 1. The van der Waals surface area contributed by atoms with Crippen molar-refractivity contribution in [3.63, 3.8) is 0 Å². The molecule has 1 unspecified atom stereocenters. The molecule has 0 heterocycles. The zero-order valence-corrected chi connectivity index (χ0v) is 11.9. The highest BCUT2D eigenvalue weighted by Gasteiger charge is 2.21. The van der Waals surface area contributed by atoms with Crippen LogP contribution in [-0.2, 0) is 4.79 Å². The molecule has 0 bridgehead atoms. The molecular weight excluding hydrogens is 244 g/mol. The molecule has 0 saturated carbocycles. The smallest absolute Gasteiger partial charge is 0.234 e. The molecule has 0 aliphatic carbocycles. The number of nitrogens with one attached hydrogen (secondary N) is 1. The van der Waals surface area contributed by atoms with E-state index in [1.54, 1.807) is 0 Å². The van der Waals surface area contributed by atoms with Gasteiger partial charge in [-0.2, -0.15) is 0 Å². The Morgan fingerprint density at radius 3 is 2.39 bits per heavy atom. The lowest BCUT2D eigenvalue weighted by Gasteiger charge is -2.17. The van der Waals surface area contributed by atoms with Gasteiger partial charge in [-0.15, -0.1) is 0 Å². The van der Waals surface area contributed by atoms with Crippen molar-refractivity contribution in [1.29, 1.82) is 0 Å². The van der Waals surface area contributed by atoms with Crippen LogP contribution in [0.15, 0.2) is 18.2 Å². The van der Waals surface area contributed by atoms with Crippen LogP contribution in [0.2, 0.25) is 0 Å². The molecule has 4 heteroatoms. The summed E-state index contributed by atoms with van der Waals surface area (Å²) in [7, 11) is 0. The van der Waals surface area contributed by atoms with Crippen molar-refractivity contribution in [2.45, 2.75) is 33.6 Å². The van der Waals surface area contributed by atoms with E-state index in [2.05, 4.69) is 5.32 Å². The largest absolute Gasteiger partial charge is 0.393 e. The molecular formula is C14H20N2OS. The SMILES string of the molecule is CCCC(C(=O)Nc1c(C)cccc1C)C(N)=S. The van der Waals surface area contributed by atoms with Crippen molar-refractivity contribution in [3.05, 3.63) is 29.3 Å². The Labute approximate surface area is 114 Å². The number of amides is 1. The van der Waals surface area contributed by atoms with E-state index in [9.17, 15) is 4.79 Å². The number of para-hydroxylation sites is 1. The first-order valence-corrected chi connectivity index (χ1v) is 6.54. The lowest BCUT2D eigenvalue weighted by atomic mass is 10.0. The highest BCUT2D eigenvalue weighted by atomic mass is 32.1. The number of carbonyl (C=O) groups excluding carboxylic acids is 1. The topological polar surface area (TPSA) is 55.1 Å². The molecule has 1 rings (SSSR count). The van der Waals surface area contributed by atoms with Gasteiger partial charge in [-0.25, -0.2) is 0 Å². The minimum Gasteiger partial charge on any atom is -0.393 e. The summed E-state index contributed by atoms with van der Waals surface area (Å²) in [6.45, 7) is 5.95. The second kappa shape index (κ2) is 6.50. The Kier molecular flexibility index (Phi) is 5.28. The highest BCUT2D eigenvalue weighted by Crippen LogP contribution is 2.21. The third-order valence-corrected chi connectivity index (χ3v) is 3.25. The molecule has 1 amide bonds. The lowest BCUT2D eigenvalue weighted by molar-refractivity contribution is -0.118. The Morgan fingerprint density at radius 1 is 1.39 bits per heavy atom. The van der Waals surface area contributed by atoms with Gasteiger partial charge in [-0.1, -0.05) is 43.8 Å². The molecule has 0 spiro atoms. The first-order valence-electron chi connectivity index (χ1n) is 6.13. The van der Waals surface area contributed by atoms with Crippen molar-refractivity contribution in [3.8, 4) is 0 Å². The molecule has 3 N–H and O–H groups in total. The predicted octanol–water partition coefficient (Wildman–Crippen LogP) is 2.94. The van der Waals surface area contributed by atoms with Crippen molar-refractivity contribution in [2.24, 2.45) is 11.7 Å². The molecule has 0 saturated heterocycles. The van der Waals surface area contributed by atoms with Gasteiger partial charge in [0.1, 0.15) is 0 Å². The summed E-state index contributed by atoms with van der Waals surface area (Å²) in [5, 5.41) is 2.94. The van der Waals surface area contributed by atoms with Gasteiger partial charge >= 0.3 is 0 Å². The van der Waals surface area contributed by atoms with Crippen LogP contribution in [0, 0.1) is 19.8 Å². The van der Waals surface area contributed by atoms with Gasteiger partial charge < -0.3 is 11.1 Å². The number of benzene rings is 1. The first-order chi connectivity index (χ1) is 8.47. The molecule has 1 aromatic carbocycles. The summed E-state index contributed by atoms with van der Waals surface area (Å²) in [6, 6.07) is 5.91. The van der Waals surface area contributed by atoms with Gasteiger partial charge in [-0.3, -0.25) is 4.79 Å². The number of hydrogen-bond donors (Lipinski definition) is 2. The van der Waals surface area contributed by atoms with Crippen LogP contribution in [0.3, 0.4) is 0 Å². The van der Waals surface area contributed by atoms with Gasteiger partial charge in [0, 0.05) is 5.69 Å². The van der Waals surface area contributed by atoms with Gasteiger partial charge in [0.2, 0.25) is 5.91 Å². The Hall–Kier alpha value is -1.42. The molecule has 1 aromatic rings. The minimum absolute atomic E-state index is 0.109. The van der Waals surface area contributed by atoms with Crippen molar-refractivity contribution in [1.82, 2.24) is 0 Å². The van der Waals surface area contributed by atoms with Crippen LogP contribution < -0.4 is 11.1 Å². The third-order valence-electron chi connectivity index (χ3n) is 2.97. The van der Waals surface area contributed by atoms with Crippen LogP contribution in [0.1, 0.15) is 30.9 Å². The van der Waals surface area contributed by atoms with Gasteiger partial charge in [0.25, 0.3) is 0 Å². The molecule has 0 aliphatic rings. The summed E-state index contributed by atoms with van der Waals surface area (Å²) in [6.07, 6.45) is 1.56. The maximum absolute atomic E-state index is 12.2. The number of thiocarbonyl (C=S) groups is 1. The maximum Gasteiger partial charge on any atom is 0.234 e. The molecule has 0 aliphatic heterocycles. The maximum atomic E-state index is 12.2. The number of nitrogens with two attached hydrogens (primary N) is 1. The number of carbonyl (C=O) groups is 1. The average molecular weight is 264 g/mol. The summed E-state index contributed by atoms with van der Waals surface area (Å²) in [4.78, 5) is 12.4. The normalized spacial score (nSPS) is 11.9. The van der Waals surface area contributed by atoms with Crippen LogP contribution in [0.4, 0.5) is 5.69 Å². The number of hydrogen-bond acceptors (Lipinski definition) is 2. The van der Waals surface area contributed by atoms with Gasteiger partial charge in [-0.05, 0) is 31.4 Å². The molecule has 0 radical (unpaired) electrons. The summed E-state index contributed by atoms with van der Waals surface area (Å²) < 4.78 is 0. The Morgan fingerprint density at radius 2 is 1.94 bits per heavy atom. The van der Waals surface area contributed by atoms with Crippen LogP contribution in [0.5, 0.6) is 0 Å². The summed E-state index contributed by atoms with van der Waals surface area (Å²) in [5.41, 5.74) is 8.57. The van der Waals surface area contributed by atoms with E-state index in [1.807, 2.05) is 39.0 Å². The second-order valence-corrected chi connectivity index (χ2v) is 4.97. The fourth-order valence-corrected chi connectivity index (χ4v) is 2.14. The lowest BCUT2D eigenvalue weighted by Crippen LogP contribution is -2.33. The second-order valence-electron chi connectivity index (χ2n) is 4.50. The van der Waals surface area contributed by atoms with Gasteiger partial charge in [0.05, 0.1) is 10.9 Å². The molecule has 98 valence electrons. The van der Waals surface area contributed by atoms with Crippen molar-refractivity contribution < 1.29 is 4.79 Å². The van der Waals surface area contributed by atoms with Gasteiger partial charge in [0.15, 0.2) is 0 Å². The fraction of sp³-hybridized carbons (Fsp3) is 0.429. The van der Waals surface area contributed by atoms with E-state index in [1.165, 1.54) is 0 Å². The Balaban J connectivity index is 2.89.